The molecule has 0 amide bonds. The Kier molecular flexibility index (Phi) is 2.22. The van der Waals surface area contributed by atoms with Gasteiger partial charge in [-0.05, 0) is 11.6 Å². The first-order valence-electron chi connectivity index (χ1n) is 3.65. The number of halogens is 1. The van der Waals surface area contributed by atoms with Gasteiger partial charge in [-0.1, -0.05) is 5.16 Å². The normalized spacial score (nSPS) is 10.5. The molecule has 0 N–H and O–H groups in total. The van der Waals surface area contributed by atoms with Gasteiger partial charge in [-0.15, -0.1) is 10.2 Å². The molecule has 0 saturated carbocycles. The van der Waals surface area contributed by atoms with E-state index in [1.54, 1.807) is 10.9 Å². The fraction of sp³-hybridized carbons (Fsp3) is 0.333. The third kappa shape index (κ3) is 1.83. The van der Waals surface area contributed by atoms with Gasteiger partial charge in [-0.3, -0.25) is 0 Å². The van der Waals surface area contributed by atoms with Crippen LogP contribution in [0.1, 0.15) is 5.89 Å². The Morgan fingerprint density at radius 3 is 3.08 bits per heavy atom. The maximum atomic E-state index is 5.70. The quantitative estimate of drug-likeness (QED) is 0.722. The summed E-state index contributed by atoms with van der Waals surface area (Å²) in [7, 11) is 0. The summed E-state index contributed by atoms with van der Waals surface area (Å²) in [4.78, 5) is 3.87. The molecular formula is C6H6ClN5O. The lowest BCUT2D eigenvalue weighted by Crippen LogP contribution is -2.00. The number of hydrogen-bond donors (Lipinski definition) is 0. The average Bonchev–Trinajstić information content (AvgIpc) is 2.72. The monoisotopic (exact) mass is 199 g/mol. The van der Waals surface area contributed by atoms with Crippen molar-refractivity contribution in [2.75, 3.05) is 0 Å². The highest BCUT2D eigenvalue weighted by molar-refractivity contribution is 6.28. The lowest BCUT2D eigenvalue weighted by atomic mass is 10.4. The van der Waals surface area contributed by atoms with Gasteiger partial charge >= 0.3 is 0 Å². The summed E-state index contributed by atoms with van der Waals surface area (Å²) >= 11 is 5.70. The second kappa shape index (κ2) is 3.53. The first-order chi connectivity index (χ1) is 6.36. The van der Waals surface area contributed by atoms with Crippen LogP contribution in [0.15, 0.2) is 17.2 Å². The fourth-order valence-corrected chi connectivity index (χ4v) is 1.08. The lowest BCUT2D eigenvalue weighted by Gasteiger charge is -1.97. The molecule has 2 heterocycles. The zero-order valence-corrected chi connectivity index (χ0v) is 7.35. The van der Waals surface area contributed by atoms with Crippen LogP contribution in [0, 0.1) is 0 Å². The maximum Gasteiger partial charge on any atom is 0.228 e. The first kappa shape index (κ1) is 8.18. The Morgan fingerprint density at radius 2 is 2.46 bits per heavy atom. The minimum absolute atomic E-state index is 0.361. The number of hydrogen-bond acceptors (Lipinski definition) is 5. The molecule has 0 fully saturated rings. The summed E-state index contributed by atoms with van der Waals surface area (Å²) in [6.45, 7) is 0.633. The summed E-state index contributed by atoms with van der Waals surface area (Å²) in [6, 6.07) is 0. The fourth-order valence-electron chi connectivity index (χ4n) is 0.913. The van der Waals surface area contributed by atoms with E-state index >= 15 is 0 Å². The molecule has 2 aromatic rings. The standard InChI is InChI=1S/C6H6ClN5O/c7-6-11-9-4-12(6)2-1-5-8-3-10-13-5/h3-4H,1-2H2. The van der Waals surface area contributed by atoms with Crippen LogP contribution >= 0.6 is 11.6 Å². The molecule has 6 nitrogen and oxygen atoms in total. The molecule has 0 spiro atoms. The highest BCUT2D eigenvalue weighted by atomic mass is 35.5. The smallest absolute Gasteiger partial charge is 0.228 e. The molecule has 0 unspecified atom stereocenters. The molecule has 0 saturated heterocycles. The maximum absolute atomic E-state index is 5.70. The molecule has 7 heteroatoms. The predicted molar refractivity (Wildman–Crippen MR) is 43.0 cm³/mol. The summed E-state index contributed by atoms with van der Waals surface area (Å²) < 4.78 is 6.51. The van der Waals surface area contributed by atoms with E-state index < -0.39 is 0 Å². The zero-order valence-electron chi connectivity index (χ0n) is 6.59. The van der Waals surface area contributed by atoms with Gasteiger partial charge in [0.2, 0.25) is 11.2 Å². The highest BCUT2D eigenvalue weighted by Crippen LogP contribution is 2.04. The van der Waals surface area contributed by atoms with Crippen LogP contribution < -0.4 is 0 Å². The second-order valence-electron chi connectivity index (χ2n) is 2.38. The molecular weight excluding hydrogens is 194 g/mol. The SMILES string of the molecule is Clc1nncn1CCc1ncno1. The van der Waals surface area contributed by atoms with Gasteiger partial charge in [-0.25, -0.2) is 0 Å². The van der Waals surface area contributed by atoms with Crippen LogP contribution in [0.2, 0.25) is 5.28 Å². The third-order valence-electron chi connectivity index (χ3n) is 1.54. The first-order valence-corrected chi connectivity index (χ1v) is 4.03. The average molecular weight is 200 g/mol. The summed E-state index contributed by atoms with van der Waals surface area (Å²) in [6.07, 6.45) is 3.54. The molecule has 68 valence electrons. The molecule has 0 aliphatic rings. The Morgan fingerprint density at radius 1 is 1.54 bits per heavy atom. The van der Waals surface area contributed by atoms with Gasteiger partial charge in [0.25, 0.3) is 0 Å². The van der Waals surface area contributed by atoms with Crippen molar-refractivity contribution in [2.45, 2.75) is 13.0 Å². The lowest BCUT2D eigenvalue weighted by molar-refractivity contribution is 0.371. The number of rotatable bonds is 3. The zero-order chi connectivity index (χ0) is 9.10. The molecule has 2 aromatic heterocycles. The van der Waals surface area contributed by atoms with Crippen molar-refractivity contribution in [1.82, 2.24) is 24.9 Å². The predicted octanol–water partition coefficient (Wildman–Crippen LogP) is 0.557. The van der Waals surface area contributed by atoms with Crippen LogP contribution in [-0.2, 0) is 13.0 Å². The third-order valence-corrected chi connectivity index (χ3v) is 1.83. The number of nitrogens with zero attached hydrogens (tertiary/aromatic N) is 5. The molecule has 0 atom stereocenters. The highest BCUT2D eigenvalue weighted by Gasteiger charge is 2.03. The Labute approximate surface area is 78.5 Å². The van der Waals surface area contributed by atoms with Crippen molar-refractivity contribution in [1.29, 1.82) is 0 Å². The van der Waals surface area contributed by atoms with Gasteiger partial charge in [-0.2, -0.15) is 4.98 Å². The molecule has 0 bridgehead atoms. The van der Waals surface area contributed by atoms with Crippen LogP contribution in [-0.4, -0.2) is 24.9 Å². The van der Waals surface area contributed by atoms with E-state index in [-0.39, 0.29) is 0 Å². The Balaban J connectivity index is 1.97. The summed E-state index contributed by atoms with van der Waals surface area (Å²) in [5.41, 5.74) is 0. The van der Waals surface area contributed by atoms with E-state index in [1.807, 2.05) is 0 Å². The minimum Gasteiger partial charge on any atom is -0.340 e. The van der Waals surface area contributed by atoms with Crippen LogP contribution in [0.5, 0.6) is 0 Å². The molecule has 0 aliphatic carbocycles. The largest absolute Gasteiger partial charge is 0.340 e. The van der Waals surface area contributed by atoms with Crippen molar-refractivity contribution in [2.24, 2.45) is 0 Å². The number of aryl methyl sites for hydroxylation is 2. The topological polar surface area (TPSA) is 69.6 Å². The van der Waals surface area contributed by atoms with E-state index in [4.69, 9.17) is 16.1 Å². The minimum atomic E-state index is 0.361. The van der Waals surface area contributed by atoms with E-state index in [9.17, 15) is 0 Å². The molecule has 0 radical (unpaired) electrons. The summed E-state index contributed by atoms with van der Waals surface area (Å²) in [5.74, 6) is 0.574. The van der Waals surface area contributed by atoms with Gasteiger partial charge in [0.15, 0.2) is 6.33 Å². The van der Waals surface area contributed by atoms with E-state index in [2.05, 4.69) is 20.3 Å². The molecule has 0 aliphatic heterocycles. The van der Waals surface area contributed by atoms with Crippen LogP contribution in [0.4, 0.5) is 0 Å². The van der Waals surface area contributed by atoms with Gasteiger partial charge in [0, 0.05) is 13.0 Å². The van der Waals surface area contributed by atoms with Crippen molar-refractivity contribution in [3.05, 3.63) is 23.8 Å². The molecule has 0 aromatic carbocycles. The van der Waals surface area contributed by atoms with Crippen molar-refractivity contribution in [3.63, 3.8) is 0 Å². The Hall–Kier alpha value is -1.43. The molecule has 13 heavy (non-hydrogen) atoms. The van der Waals surface area contributed by atoms with Crippen LogP contribution in [0.25, 0.3) is 0 Å². The van der Waals surface area contributed by atoms with E-state index in [0.717, 1.165) is 0 Å². The van der Waals surface area contributed by atoms with Crippen molar-refractivity contribution >= 4 is 11.6 Å². The van der Waals surface area contributed by atoms with Crippen LogP contribution in [0.3, 0.4) is 0 Å². The van der Waals surface area contributed by atoms with Gasteiger partial charge in [0.05, 0.1) is 0 Å². The van der Waals surface area contributed by atoms with Crippen molar-refractivity contribution in [3.8, 4) is 0 Å². The van der Waals surface area contributed by atoms with Crippen molar-refractivity contribution < 1.29 is 4.52 Å². The van der Waals surface area contributed by atoms with Gasteiger partial charge < -0.3 is 9.09 Å². The molecule has 2 rings (SSSR count). The van der Waals surface area contributed by atoms with Gasteiger partial charge in [0.1, 0.15) is 6.33 Å². The van der Waals surface area contributed by atoms with E-state index in [0.29, 0.717) is 24.1 Å². The Bertz CT molecular complexity index is 370. The summed E-state index contributed by atoms with van der Waals surface area (Å²) in [5, 5.41) is 11.1. The second-order valence-corrected chi connectivity index (χ2v) is 2.72. The van der Waals surface area contributed by atoms with E-state index in [1.165, 1.54) is 6.33 Å². The number of aromatic nitrogens is 5.